The summed E-state index contributed by atoms with van der Waals surface area (Å²) in [4.78, 5) is 19.2. The molecule has 0 radical (unpaired) electrons. The van der Waals surface area contributed by atoms with Crippen molar-refractivity contribution in [1.29, 1.82) is 0 Å². The topological polar surface area (TPSA) is 95.9 Å². The van der Waals surface area contributed by atoms with E-state index in [1.807, 2.05) is 24.3 Å². The molecule has 3 N–H and O–H groups in total. The third-order valence-electron chi connectivity index (χ3n) is 2.59. The zero-order valence-electron chi connectivity index (χ0n) is 14.0. The second-order valence-corrected chi connectivity index (χ2v) is 5.47. The minimum atomic E-state index is -5.08. The lowest BCUT2D eigenvalue weighted by Crippen LogP contribution is -2.21. The van der Waals surface area contributed by atoms with E-state index >= 15 is 0 Å². The van der Waals surface area contributed by atoms with Gasteiger partial charge in [-0.05, 0) is 23.6 Å². The highest BCUT2D eigenvalue weighted by Crippen LogP contribution is 2.13. The van der Waals surface area contributed by atoms with Gasteiger partial charge >= 0.3 is 18.1 Å². The zero-order valence-corrected chi connectivity index (χ0v) is 14.0. The summed E-state index contributed by atoms with van der Waals surface area (Å²) in [6.07, 6.45) is -4.93. The van der Waals surface area contributed by atoms with Crippen LogP contribution < -0.4 is 10.1 Å². The molecule has 0 aliphatic heterocycles. The first kappa shape index (κ1) is 22.7. The van der Waals surface area contributed by atoms with Crippen LogP contribution in [0.2, 0.25) is 0 Å². The molecule has 142 valence electrons. The van der Waals surface area contributed by atoms with Crippen molar-refractivity contribution in [2.24, 2.45) is 5.92 Å². The van der Waals surface area contributed by atoms with Crippen molar-refractivity contribution in [3.63, 3.8) is 0 Å². The van der Waals surface area contributed by atoms with Crippen LogP contribution in [-0.4, -0.2) is 41.5 Å². The average molecular weight is 365 g/mol. The van der Waals surface area contributed by atoms with E-state index in [2.05, 4.69) is 19.2 Å². The number of alkyl halides is 3. The molecule has 9 heteroatoms. The summed E-state index contributed by atoms with van der Waals surface area (Å²) in [5.41, 5.74) is 1.12. The minimum Gasteiger partial charge on any atom is -0.493 e. The number of nitrogens with one attached hydrogen (secondary N) is 1. The Kier molecular flexibility index (Phi) is 10.3. The summed E-state index contributed by atoms with van der Waals surface area (Å²) in [6, 6.07) is 7.86. The van der Waals surface area contributed by atoms with Crippen LogP contribution in [-0.2, 0) is 16.1 Å². The maximum absolute atomic E-state index is 10.6. The van der Waals surface area contributed by atoms with Gasteiger partial charge in [-0.1, -0.05) is 26.0 Å². The number of aliphatic carboxylic acids is 2. The van der Waals surface area contributed by atoms with E-state index in [1.165, 1.54) is 0 Å². The van der Waals surface area contributed by atoms with Gasteiger partial charge in [0.2, 0.25) is 0 Å². The smallest absolute Gasteiger partial charge is 0.490 e. The van der Waals surface area contributed by atoms with Crippen molar-refractivity contribution in [3.05, 3.63) is 29.8 Å². The van der Waals surface area contributed by atoms with E-state index in [9.17, 15) is 18.0 Å². The number of carboxylic acid groups (broad SMARTS) is 2. The summed E-state index contributed by atoms with van der Waals surface area (Å²) in [7, 11) is 0. The lowest BCUT2D eigenvalue weighted by atomic mass is 10.2. The molecule has 0 aliphatic rings. The Labute approximate surface area is 143 Å². The highest BCUT2D eigenvalue weighted by atomic mass is 19.4. The molecular formula is C16H22F3NO5. The first-order valence-corrected chi connectivity index (χ1v) is 7.46. The van der Waals surface area contributed by atoms with Crippen LogP contribution in [0, 0.1) is 5.92 Å². The SMILES string of the molecule is CC(C)COc1ccc(CNCCC(=O)O)cc1.O=C(O)C(F)(F)F. The van der Waals surface area contributed by atoms with Gasteiger partial charge in [0.25, 0.3) is 0 Å². The van der Waals surface area contributed by atoms with Crippen LogP contribution in [0.4, 0.5) is 13.2 Å². The number of halogens is 3. The van der Waals surface area contributed by atoms with Gasteiger partial charge in [-0.2, -0.15) is 13.2 Å². The zero-order chi connectivity index (χ0) is 19.5. The standard InChI is InChI=1S/C14H21NO3.C2HF3O2/c1-11(2)10-18-13-5-3-12(4-6-13)9-15-8-7-14(16)17;3-2(4,5)1(6)7/h3-6,11,15H,7-10H2,1-2H3,(H,16,17);(H,6,7). The number of ether oxygens (including phenoxy) is 1. The van der Waals surface area contributed by atoms with Crippen LogP contribution in [0.3, 0.4) is 0 Å². The van der Waals surface area contributed by atoms with Crippen molar-refractivity contribution in [2.75, 3.05) is 13.2 Å². The van der Waals surface area contributed by atoms with E-state index in [-0.39, 0.29) is 6.42 Å². The minimum absolute atomic E-state index is 0.148. The number of rotatable bonds is 8. The molecule has 25 heavy (non-hydrogen) atoms. The maximum Gasteiger partial charge on any atom is 0.490 e. The van der Waals surface area contributed by atoms with E-state index in [4.69, 9.17) is 19.7 Å². The van der Waals surface area contributed by atoms with Crippen molar-refractivity contribution >= 4 is 11.9 Å². The van der Waals surface area contributed by atoms with Crippen LogP contribution >= 0.6 is 0 Å². The van der Waals surface area contributed by atoms with Crippen LogP contribution in [0.1, 0.15) is 25.8 Å². The Hall–Kier alpha value is -2.29. The normalized spacial score (nSPS) is 10.8. The van der Waals surface area contributed by atoms with E-state index < -0.39 is 18.1 Å². The number of hydrogen-bond acceptors (Lipinski definition) is 4. The average Bonchev–Trinajstić information content (AvgIpc) is 2.50. The molecule has 0 amide bonds. The second kappa shape index (κ2) is 11.3. The molecule has 0 bridgehead atoms. The van der Waals surface area contributed by atoms with Crippen molar-refractivity contribution in [2.45, 2.75) is 33.0 Å². The largest absolute Gasteiger partial charge is 0.493 e. The first-order valence-electron chi connectivity index (χ1n) is 7.46. The highest BCUT2D eigenvalue weighted by molar-refractivity contribution is 5.73. The lowest BCUT2D eigenvalue weighted by Gasteiger charge is -2.09. The molecule has 0 heterocycles. The Morgan fingerprint density at radius 2 is 1.68 bits per heavy atom. The molecule has 0 fully saturated rings. The van der Waals surface area contributed by atoms with E-state index in [1.54, 1.807) is 0 Å². The summed E-state index contributed by atoms with van der Waals surface area (Å²) in [5, 5.41) is 18.7. The van der Waals surface area contributed by atoms with Gasteiger partial charge in [-0.3, -0.25) is 4.79 Å². The van der Waals surface area contributed by atoms with Crippen molar-refractivity contribution < 1.29 is 37.7 Å². The molecule has 0 saturated heterocycles. The quantitative estimate of drug-likeness (QED) is 0.613. The predicted molar refractivity (Wildman–Crippen MR) is 84.4 cm³/mol. The Balaban J connectivity index is 0.000000697. The molecule has 0 aromatic heterocycles. The van der Waals surface area contributed by atoms with E-state index in [0.29, 0.717) is 19.0 Å². The predicted octanol–water partition coefficient (Wildman–Crippen LogP) is 2.92. The molecule has 0 spiro atoms. The Morgan fingerprint density at radius 1 is 1.16 bits per heavy atom. The Morgan fingerprint density at radius 3 is 2.08 bits per heavy atom. The first-order chi connectivity index (χ1) is 11.5. The molecule has 0 aliphatic carbocycles. The molecule has 1 rings (SSSR count). The van der Waals surface area contributed by atoms with Crippen molar-refractivity contribution in [1.82, 2.24) is 5.32 Å². The number of carbonyl (C=O) groups is 2. The molecule has 0 unspecified atom stereocenters. The lowest BCUT2D eigenvalue weighted by molar-refractivity contribution is -0.192. The third-order valence-corrected chi connectivity index (χ3v) is 2.59. The van der Waals surface area contributed by atoms with Gasteiger partial charge < -0.3 is 20.3 Å². The van der Waals surface area contributed by atoms with Gasteiger partial charge in [0, 0.05) is 13.1 Å². The van der Waals surface area contributed by atoms with Gasteiger partial charge in [-0.15, -0.1) is 0 Å². The molecular weight excluding hydrogens is 343 g/mol. The third kappa shape index (κ3) is 12.8. The molecule has 0 saturated carbocycles. The summed E-state index contributed by atoms with van der Waals surface area (Å²) in [6.45, 7) is 6.11. The van der Waals surface area contributed by atoms with Crippen molar-refractivity contribution in [3.8, 4) is 5.75 Å². The Bertz CT molecular complexity index is 530. The van der Waals surface area contributed by atoms with Crippen LogP contribution in [0.25, 0.3) is 0 Å². The summed E-state index contributed by atoms with van der Waals surface area (Å²) >= 11 is 0. The van der Waals surface area contributed by atoms with Crippen LogP contribution in [0.5, 0.6) is 5.75 Å². The molecule has 0 atom stereocenters. The highest BCUT2D eigenvalue weighted by Gasteiger charge is 2.38. The van der Waals surface area contributed by atoms with E-state index in [0.717, 1.165) is 17.9 Å². The fourth-order valence-corrected chi connectivity index (χ4v) is 1.39. The maximum atomic E-state index is 10.6. The summed E-state index contributed by atoms with van der Waals surface area (Å²) in [5.74, 6) is -2.15. The number of carboxylic acids is 2. The fraction of sp³-hybridized carbons (Fsp3) is 0.500. The van der Waals surface area contributed by atoms with Gasteiger partial charge in [0.15, 0.2) is 0 Å². The number of benzene rings is 1. The second-order valence-electron chi connectivity index (χ2n) is 5.47. The molecule has 1 aromatic rings. The fourth-order valence-electron chi connectivity index (χ4n) is 1.39. The van der Waals surface area contributed by atoms with Crippen LogP contribution in [0.15, 0.2) is 24.3 Å². The summed E-state index contributed by atoms with van der Waals surface area (Å²) < 4.78 is 37.3. The molecule has 6 nitrogen and oxygen atoms in total. The van der Waals surface area contributed by atoms with Gasteiger partial charge in [0.05, 0.1) is 13.0 Å². The monoisotopic (exact) mass is 365 g/mol. The van der Waals surface area contributed by atoms with Gasteiger partial charge in [-0.25, -0.2) is 4.79 Å². The van der Waals surface area contributed by atoms with Gasteiger partial charge in [0.1, 0.15) is 5.75 Å². The number of hydrogen-bond donors (Lipinski definition) is 3. The molecule has 1 aromatic carbocycles.